The molecule has 3 heterocycles. The summed E-state index contributed by atoms with van der Waals surface area (Å²) in [7, 11) is 0. The van der Waals surface area contributed by atoms with Crippen LogP contribution in [0.3, 0.4) is 0 Å². The van der Waals surface area contributed by atoms with Gasteiger partial charge in [0.15, 0.2) is 17.7 Å². The fraction of sp³-hybridized carbons (Fsp3) is 0.500. The minimum absolute atomic E-state index is 0.0200. The van der Waals surface area contributed by atoms with Crippen LogP contribution in [0.2, 0.25) is 0 Å². The quantitative estimate of drug-likeness (QED) is 0.726. The molecule has 1 aliphatic rings. The Balaban J connectivity index is 2.09. The molecule has 0 aromatic carbocycles. The van der Waals surface area contributed by atoms with Crippen LogP contribution in [0.1, 0.15) is 19.6 Å². The third kappa shape index (κ3) is 1.55. The molecule has 0 aliphatic carbocycles. The van der Waals surface area contributed by atoms with E-state index in [0.29, 0.717) is 23.4 Å². The number of fused-ring (bicyclic) bond motifs is 1. The number of nitrogens with two attached hydrogens (primary N) is 1. The zero-order valence-corrected chi connectivity index (χ0v) is 9.32. The van der Waals surface area contributed by atoms with Crippen molar-refractivity contribution in [1.29, 1.82) is 0 Å². The molecule has 3 N–H and O–H groups in total. The molecule has 17 heavy (non-hydrogen) atoms. The molecule has 3 rings (SSSR count). The van der Waals surface area contributed by atoms with E-state index in [1.165, 1.54) is 6.33 Å². The van der Waals surface area contributed by atoms with Gasteiger partial charge in [-0.2, -0.15) is 0 Å². The van der Waals surface area contributed by atoms with Crippen molar-refractivity contribution in [2.75, 3.05) is 5.73 Å². The number of aliphatic hydroxyl groups excluding tert-OH is 1. The van der Waals surface area contributed by atoms with Crippen molar-refractivity contribution in [1.82, 2.24) is 19.5 Å². The zero-order chi connectivity index (χ0) is 12.0. The number of anilines is 1. The molecule has 0 bridgehead atoms. The maximum atomic E-state index is 9.91. The molecule has 2 aromatic heterocycles. The third-order valence-corrected chi connectivity index (χ3v) is 2.94. The van der Waals surface area contributed by atoms with Gasteiger partial charge < -0.3 is 15.6 Å². The number of rotatable bonds is 1. The molecule has 1 saturated heterocycles. The summed E-state index contributed by atoms with van der Waals surface area (Å²) in [6.07, 6.45) is 2.56. The predicted octanol–water partition coefficient (Wildman–Crippen LogP) is 0.0768. The SMILES string of the molecule is C[C@@H]1C[C@@H](O)[C@H](n2cnc3c(N)ncnc32)O1. The van der Waals surface area contributed by atoms with E-state index >= 15 is 0 Å². The lowest BCUT2D eigenvalue weighted by Gasteiger charge is -2.15. The largest absolute Gasteiger partial charge is 0.388 e. The number of nitrogens with zero attached hydrogens (tertiary/aromatic N) is 4. The second-order valence-corrected chi connectivity index (χ2v) is 4.22. The van der Waals surface area contributed by atoms with Crippen molar-refractivity contribution in [2.24, 2.45) is 0 Å². The van der Waals surface area contributed by atoms with Crippen LogP contribution < -0.4 is 5.73 Å². The van der Waals surface area contributed by atoms with E-state index in [2.05, 4.69) is 15.0 Å². The average molecular weight is 235 g/mol. The minimum atomic E-state index is -0.557. The molecular weight excluding hydrogens is 222 g/mol. The molecule has 1 aliphatic heterocycles. The van der Waals surface area contributed by atoms with Crippen LogP contribution in [0.5, 0.6) is 0 Å². The first kappa shape index (κ1) is 10.4. The maximum Gasteiger partial charge on any atom is 0.167 e. The Labute approximate surface area is 97.3 Å². The standard InChI is InChI=1S/C10H13N5O2/c1-5-2-6(16)10(17-5)15-4-14-7-8(11)12-3-13-9(7)15/h3-6,10,16H,2H2,1H3,(H2,11,12,13)/t5-,6-,10-/m1/s1. The van der Waals surface area contributed by atoms with Gasteiger partial charge in [-0.05, 0) is 6.92 Å². The summed E-state index contributed by atoms with van der Waals surface area (Å²) in [4.78, 5) is 12.1. The number of hydrogen-bond donors (Lipinski definition) is 2. The van der Waals surface area contributed by atoms with Gasteiger partial charge in [-0.3, -0.25) is 4.57 Å². The van der Waals surface area contributed by atoms with Crippen molar-refractivity contribution < 1.29 is 9.84 Å². The summed E-state index contributed by atoms with van der Waals surface area (Å²) >= 11 is 0. The minimum Gasteiger partial charge on any atom is -0.388 e. The van der Waals surface area contributed by atoms with Crippen molar-refractivity contribution in [3.05, 3.63) is 12.7 Å². The van der Waals surface area contributed by atoms with Crippen LogP contribution in [0.4, 0.5) is 5.82 Å². The normalized spacial score (nSPS) is 28.9. The highest BCUT2D eigenvalue weighted by atomic mass is 16.5. The van der Waals surface area contributed by atoms with Gasteiger partial charge in [-0.1, -0.05) is 0 Å². The van der Waals surface area contributed by atoms with Gasteiger partial charge in [-0.25, -0.2) is 15.0 Å². The molecule has 3 atom stereocenters. The summed E-state index contributed by atoms with van der Waals surface area (Å²) < 4.78 is 7.33. The monoisotopic (exact) mass is 235 g/mol. The lowest BCUT2D eigenvalue weighted by Crippen LogP contribution is -2.19. The first-order chi connectivity index (χ1) is 8.16. The molecule has 0 radical (unpaired) electrons. The first-order valence-electron chi connectivity index (χ1n) is 5.43. The Bertz CT molecular complexity index is 555. The Morgan fingerprint density at radius 1 is 1.47 bits per heavy atom. The highest BCUT2D eigenvalue weighted by Crippen LogP contribution is 2.30. The van der Waals surface area contributed by atoms with Crippen molar-refractivity contribution in [3.63, 3.8) is 0 Å². The number of hydrogen-bond acceptors (Lipinski definition) is 6. The fourth-order valence-electron chi connectivity index (χ4n) is 2.15. The Morgan fingerprint density at radius 2 is 2.29 bits per heavy atom. The average Bonchev–Trinajstić information content (AvgIpc) is 2.83. The van der Waals surface area contributed by atoms with E-state index in [9.17, 15) is 5.11 Å². The lowest BCUT2D eigenvalue weighted by molar-refractivity contribution is -0.0297. The molecule has 90 valence electrons. The fourth-order valence-corrected chi connectivity index (χ4v) is 2.15. The number of aromatic nitrogens is 4. The van der Waals surface area contributed by atoms with E-state index in [4.69, 9.17) is 10.5 Å². The van der Waals surface area contributed by atoms with Gasteiger partial charge in [0.05, 0.1) is 12.4 Å². The van der Waals surface area contributed by atoms with Crippen LogP contribution in [0.15, 0.2) is 12.7 Å². The molecular formula is C10H13N5O2. The van der Waals surface area contributed by atoms with Crippen molar-refractivity contribution in [2.45, 2.75) is 31.8 Å². The number of ether oxygens (including phenoxy) is 1. The molecule has 0 unspecified atom stereocenters. The predicted molar refractivity (Wildman–Crippen MR) is 59.9 cm³/mol. The first-order valence-corrected chi connectivity index (χ1v) is 5.43. The summed E-state index contributed by atoms with van der Waals surface area (Å²) in [6, 6.07) is 0. The van der Waals surface area contributed by atoms with Gasteiger partial charge in [0.25, 0.3) is 0 Å². The second kappa shape index (κ2) is 3.64. The molecule has 7 heteroatoms. The molecule has 2 aromatic rings. The van der Waals surface area contributed by atoms with Crippen LogP contribution >= 0.6 is 0 Å². The highest BCUT2D eigenvalue weighted by Gasteiger charge is 2.33. The van der Waals surface area contributed by atoms with Gasteiger partial charge in [0.2, 0.25) is 0 Å². The Kier molecular flexibility index (Phi) is 2.23. The second-order valence-electron chi connectivity index (χ2n) is 4.22. The number of nitrogen functional groups attached to an aromatic ring is 1. The summed E-state index contributed by atoms with van der Waals surface area (Å²) in [5.74, 6) is 0.328. The third-order valence-electron chi connectivity index (χ3n) is 2.94. The van der Waals surface area contributed by atoms with Gasteiger partial charge >= 0.3 is 0 Å². The summed E-state index contributed by atoms with van der Waals surface area (Å²) in [5, 5.41) is 9.91. The summed E-state index contributed by atoms with van der Waals surface area (Å²) in [6.45, 7) is 1.92. The molecule has 0 saturated carbocycles. The van der Waals surface area contributed by atoms with Crippen LogP contribution in [0.25, 0.3) is 11.2 Å². The molecule has 7 nitrogen and oxygen atoms in total. The smallest absolute Gasteiger partial charge is 0.167 e. The Morgan fingerprint density at radius 3 is 3.00 bits per heavy atom. The molecule has 0 amide bonds. The van der Waals surface area contributed by atoms with Gasteiger partial charge in [0, 0.05) is 6.42 Å². The molecule has 0 spiro atoms. The van der Waals surface area contributed by atoms with E-state index in [1.807, 2.05) is 6.92 Å². The number of imidazole rings is 1. The van der Waals surface area contributed by atoms with Crippen LogP contribution in [-0.2, 0) is 4.74 Å². The maximum absolute atomic E-state index is 9.91. The van der Waals surface area contributed by atoms with E-state index in [-0.39, 0.29) is 6.10 Å². The summed E-state index contributed by atoms with van der Waals surface area (Å²) in [5.41, 5.74) is 6.81. The number of aliphatic hydroxyl groups is 1. The lowest BCUT2D eigenvalue weighted by atomic mass is 10.2. The highest BCUT2D eigenvalue weighted by molar-refractivity contribution is 5.81. The van der Waals surface area contributed by atoms with Gasteiger partial charge in [0.1, 0.15) is 17.9 Å². The van der Waals surface area contributed by atoms with Crippen molar-refractivity contribution >= 4 is 17.0 Å². The van der Waals surface area contributed by atoms with Crippen LogP contribution in [-0.4, -0.2) is 36.8 Å². The van der Waals surface area contributed by atoms with E-state index < -0.39 is 12.3 Å². The zero-order valence-electron chi connectivity index (χ0n) is 9.32. The van der Waals surface area contributed by atoms with Crippen LogP contribution in [0, 0.1) is 0 Å². The van der Waals surface area contributed by atoms with E-state index in [1.54, 1.807) is 10.9 Å². The Hall–Kier alpha value is -1.73. The molecule has 1 fully saturated rings. The van der Waals surface area contributed by atoms with Crippen molar-refractivity contribution in [3.8, 4) is 0 Å². The topological polar surface area (TPSA) is 99.1 Å². The van der Waals surface area contributed by atoms with Gasteiger partial charge in [-0.15, -0.1) is 0 Å². The van der Waals surface area contributed by atoms with E-state index in [0.717, 1.165) is 0 Å².